The summed E-state index contributed by atoms with van der Waals surface area (Å²) in [5.41, 5.74) is 1.06. The van der Waals surface area contributed by atoms with Gasteiger partial charge in [0.15, 0.2) is 11.5 Å². The van der Waals surface area contributed by atoms with Crippen LogP contribution >= 0.6 is 0 Å². The number of nitrogens with one attached hydrogen (secondary N) is 1. The Morgan fingerprint density at radius 2 is 2.00 bits per heavy atom. The molecular formula is C17H19N3O3. The molecule has 0 spiro atoms. The van der Waals surface area contributed by atoms with E-state index in [-0.39, 0.29) is 0 Å². The highest BCUT2D eigenvalue weighted by Crippen LogP contribution is 2.27. The molecule has 1 aliphatic heterocycles. The predicted molar refractivity (Wildman–Crippen MR) is 87.8 cm³/mol. The first-order valence-corrected chi connectivity index (χ1v) is 7.29. The summed E-state index contributed by atoms with van der Waals surface area (Å²) in [6.45, 7) is 1.09. The Kier molecular flexibility index (Phi) is 4.34. The minimum Gasteiger partial charge on any atom is -0.493 e. The van der Waals surface area contributed by atoms with E-state index in [2.05, 4.69) is 10.3 Å². The van der Waals surface area contributed by atoms with Crippen LogP contribution in [0.2, 0.25) is 0 Å². The van der Waals surface area contributed by atoms with Gasteiger partial charge in [-0.25, -0.2) is 4.98 Å². The van der Waals surface area contributed by atoms with Gasteiger partial charge in [0.1, 0.15) is 5.82 Å². The third-order valence-corrected chi connectivity index (χ3v) is 3.65. The average Bonchev–Trinajstić information content (AvgIpc) is 2.59. The fourth-order valence-corrected chi connectivity index (χ4v) is 2.43. The van der Waals surface area contributed by atoms with Gasteiger partial charge in [-0.05, 0) is 35.0 Å². The van der Waals surface area contributed by atoms with Gasteiger partial charge in [0.05, 0.1) is 32.3 Å². The number of hydrogen-bond donors (Lipinski definition) is 2. The number of fused-ring (bicyclic) bond motifs is 1. The van der Waals surface area contributed by atoms with Crippen LogP contribution in [0.3, 0.4) is 0 Å². The molecule has 0 saturated heterocycles. The van der Waals surface area contributed by atoms with Crippen LogP contribution in [-0.2, 0) is 6.54 Å². The summed E-state index contributed by atoms with van der Waals surface area (Å²) in [6, 6.07) is 9.70. The van der Waals surface area contributed by atoms with Crippen LogP contribution in [0.1, 0.15) is 5.56 Å². The van der Waals surface area contributed by atoms with Crippen molar-refractivity contribution >= 4 is 18.1 Å². The van der Waals surface area contributed by atoms with Gasteiger partial charge in [-0.15, -0.1) is 0 Å². The number of pyridine rings is 1. The zero-order valence-electron chi connectivity index (χ0n) is 13.1. The van der Waals surface area contributed by atoms with Gasteiger partial charge in [0.2, 0.25) is 0 Å². The van der Waals surface area contributed by atoms with Gasteiger partial charge in [-0.2, -0.15) is 0 Å². The van der Waals surface area contributed by atoms with Crippen LogP contribution in [0.5, 0.6) is 11.5 Å². The molecular weight excluding hydrogens is 294 g/mol. The Bertz CT molecular complexity index is 820. The molecule has 0 radical (unpaired) electrons. The van der Waals surface area contributed by atoms with Gasteiger partial charge in [-0.3, -0.25) is 10.3 Å². The molecule has 6 heteroatoms. The lowest BCUT2D eigenvalue weighted by Crippen LogP contribution is -2.36. The van der Waals surface area contributed by atoms with Crippen LogP contribution in [-0.4, -0.2) is 36.0 Å². The normalized spacial score (nSPS) is 12.7. The van der Waals surface area contributed by atoms with Gasteiger partial charge in [0.25, 0.3) is 0 Å². The van der Waals surface area contributed by atoms with Crippen molar-refractivity contribution in [3.8, 4) is 11.5 Å². The second-order valence-corrected chi connectivity index (χ2v) is 5.17. The molecule has 0 saturated carbocycles. The van der Waals surface area contributed by atoms with Crippen molar-refractivity contribution in [1.29, 1.82) is 0 Å². The summed E-state index contributed by atoms with van der Waals surface area (Å²) in [5.74, 6) is 2.15. The molecule has 1 aromatic heterocycles. The minimum atomic E-state index is 0.479. The van der Waals surface area contributed by atoms with E-state index in [0.717, 1.165) is 27.0 Å². The zero-order chi connectivity index (χ0) is 16.2. The van der Waals surface area contributed by atoms with Crippen molar-refractivity contribution in [1.82, 2.24) is 10.0 Å². The summed E-state index contributed by atoms with van der Waals surface area (Å²) in [6.07, 6.45) is 3.55. The van der Waals surface area contributed by atoms with Gasteiger partial charge >= 0.3 is 0 Å². The van der Waals surface area contributed by atoms with E-state index in [4.69, 9.17) is 9.47 Å². The predicted octanol–water partition coefficient (Wildman–Crippen LogP) is 0.934. The molecule has 120 valence electrons. The molecule has 0 atom stereocenters. The van der Waals surface area contributed by atoms with Crippen molar-refractivity contribution in [3.63, 3.8) is 0 Å². The lowest BCUT2D eigenvalue weighted by molar-refractivity contribution is -0.00647. The topological polar surface area (TPSA) is 66.9 Å². The number of hydrogen-bond acceptors (Lipinski definition) is 6. The second kappa shape index (κ2) is 6.58. The number of hydroxylamine groups is 2. The lowest BCUT2D eigenvalue weighted by atomic mass is 10.2. The maximum absolute atomic E-state index is 9.52. The Labute approximate surface area is 134 Å². The Morgan fingerprint density at radius 1 is 1.17 bits per heavy atom. The van der Waals surface area contributed by atoms with Crippen LogP contribution in [0.4, 0.5) is 5.82 Å². The smallest absolute Gasteiger partial charge is 0.161 e. The summed E-state index contributed by atoms with van der Waals surface area (Å²) >= 11 is 0. The van der Waals surface area contributed by atoms with E-state index in [9.17, 15) is 5.21 Å². The summed E-state index contributed by atoms with van der Waals surface area (Å²) in [4.78, 5) is 4.50. The maximum Gasteiger partial charge on any atom is 0.161 e. The number of ether oxygens (including phenoxy) is 2. The number of anilines is 1. The number of benzene rings is 1. The fourth-order valence-electron chi connectivity index (χ4n) is 2.43. The highest BCUT2D eigenvalue weighted by molar-refractivity contribution is 5.45. The van der Waals surface area contributed by atoms with E-state index in [0.29, 0.717) is 24.6 Å². The molecule has 0 amide bonds. The number of nitrogens with zero attached hydrogens (tertiary/aromatic N) is 2. The average molecular weight is 313 g/mol. The van der Waals surface area contributed by atoms with E-state index in [1.807, 2.05) is 36.4 Å². The van der Waals surface area contributed by atoms with E-state index in [1.165, 1.54) is 0 Å². The summed E-state index contributed by atoms with van der Waals surface area (Å²) < 4.78 is 10.5. The van der Waals surface area contributed by atoms with Crippen molar-refractivity contribution < 1.29 is 14.7 Å². The van der Waals surface area contributed by atoms with Gasteiger partial charge < -0.3 is 14.8 Å². The first-order chi connectivity index (χ1) is 11.2. The van der Waals surface area contributed by atoms with Gasteiger partial charge in [-0.1, -0.05) is 12.1 Å². The van der Waals surface area contributed by atoms with Crippen molar-refractivity contribution in [3.05, 3.63) is 46.5 Å². The Morgan fingerprint density at radius 3 is 2.78 bits per heavy atom. The quantitative estimate of drug-likeness (QED) is 0.856. The molecule has 2 heterocycles. The molecule has 2 aromatic rings. The van der Waals surface area contributed by atoms with E-state index >= 15 is 0 Å². The summed E-state index contributed by atoms with van der Waals surface area (Å²) in [7, 11) is 3.23. The fraction of sp³-hybridized carbons (Fsp3) is 0.235. The largest absolute Gasteiger partial charge is 0.493 e. The third kappa shape index (κ3) is 3.37. The molecule has 3 rings (SSSR count). The second-order valence-electron chi connectivity index (χ2n) is 5.17. The van der Waals surface area contributed by atoms with E-state index in [1.54, 1.807) is 20.4 Å². The monoisotopic (exact) mass is 313 g/mol. The summed E-state index contributed by atoms with van der Waals surface area (Å²) in [5, 5.41) is 15.7. The highest BCUT2D eigenvalue weighted by atomic mass is 16.5. The van der Waals surface area contributed by atoms with Crippen molar-refractivity contribution in [2.45, 2.75) is 6.54 Å². The molecule has 23 heavy (non-hydrogen) atoms. The lowest BCUT2D eigenvalue weighted by Gasteiger charge is -2.13. The Balaban J connectivity index is 1.77. The number of rotatable bonds is 5. The molecule has 6 nitrogen and oxygen atoms in total. The molecule has 1 aliphatic rings. The number of aromatic nitrogens is 1. The molecule has 0 aliphatic carbocycles. The minimum absolute atomic E-state index is 0.479. The first kappa shape index (κ1) is 15.2. The molecule has 1 aromatic carbocycles. The Hall–Kier alpha value is -2.73. The molecule has 0 bridgehead atoms. The standard InChI is InChI=1S/C17H19N3O3/c1-22-15-5-3-12(9-16(15)23-2)10-18-17-6-4-13-7-8-20(21)11-14(13)19-17/h3-7,9,11,21H,8,10H2,1-2H3,(H,18,19). The van der Waals surface area contributed by atoms with Crippen LogP contribution in [0.15, 0.2) is 30.3 Å². The SMILES string of the molecule is COc1ccc(CNc2ccc3c(n2)=CN(O)CC=3)cc1OC. The van der Waals surface area contributed by atoms with Crippen molar-refractivity contribution in [2.24, 2.45) is 0 Å². The maximum atomic E-state index is 9.52. The zero-order valence-corrected chi connectivity index (χ0v) is 13.1. The third-order valence-electron chi connectivity index (χ3n) is 3.65. The first-order valence-electron chi connectivity index (χ1n) is 7.29. The molecule has 0 unspecified atom stereocenters. The van der Waals surface area contributed by atoms with Gasteiger partial charge in [0, 0.05) is 6.54 Å². The van der Waals surface area contributed by atoms with E-state index < -0.39 is 0 Å². The molecule has 2 N–H and O–H groups in total. The number of methoxy groups -OCH3 is 2. The van der Waals surface area contributed by atoms with Crippen LogP contribution in [0.25, 0.3) is 12.3 Å². The van der Waals surface area contributed by atoms with Crippen LogP contribution < -0.4 is 25.4 Å². The highest BCUT2D eigenvalue weighted by Gasteiger charge is 2.05. The van der Waals surface area contributed by atoms with Crippen molar-refractivity contribution in [2.75, 3.05) is 26.1 Å². The molecule has 0 fully saturated rings. The van der Waals surface area contributed by atoms with Crippen LogP contribution in [0, 0.1) is 0 Å².